The van der Waals surface area contributed by atoms with Crippen molar-refractivity contribution < 1.29 is 14.6 Å². The summed E-state index contributed by atoms with van der Waals surface area (Å²) in [6.45, 7) is 8.42. The van der Waals surface area contributed by atoms with Crippen LogP contribution in [0.3, 0.4) is 0 Å². The monoisotopic (exact) mass is 307 g/mol. The summed E-state index contributed by atoms with van der Waals surface area (Å²) >= 11 is 1.34. The molecule has 4 nitrogen and oxygen atoms in total. The molecule has 1 N–H and O–H groups in total. The standard InChI is InChI=1S/C16H21NO3S/c1-11(2)16(19,14-4-3-9-21-14)15(18)20-13-10-17-7-5-12(13)6-8-17/h3-4,9,12-13,19H,1,5-8,10H2,2H3/t13-,16-/m1/s1. The van der Waals surface area contributed by atoms with E-state index in [0.29, 0.717) is 16.4 Å². The molecule has 1 aromatic rings. The van der Waals surface area contributed by atoms with Crippen molar-refractivity contribution in [3.63, 3.8) is 0 Å². The number of aliphatic hydroxyl groups is 1. The quantitative estimate of drug-likeness (QED) is 0.684. The zero-order valence-electron chi connectivity index (χ0n) is 12.2. The summed E-state index contributed by atoms with van der Waals surface area (Å²) in [6.07, 6.45) is 2.04. The van der Waals surface area contributed by atoms with Crippen molar-refractivity contribution in [2.45, 2.75) is 31.5 Å². The van der Waals surface area contributed by atoms with Crippen molar-refractivity contribution in [1.29, 1.82) is 0 Å². The van der Waals surface area contributed by atoms with Gasteiger partial charge in [-0.1, -0.05) is 12.6 Å². The van der Waals surface area contributed by atoms with Crippen molar-refractivity contribution in [3.8, 4) is 0 Å². The molecule has 21 heavy (non-hydrogen) atoms. The van der Waals surface area contributed by atoms with Gasteiger partial charge in [0.15, 0.2) is 0 Å². The first-order valence-electron chi connectivity index (χ1n) is 7.37. The molecule has 3 saturated heterocycles. The Bertz CT molecular complexity index is 534. The molecule has 0 aliphatic carbocycles. The third-order valence-corrected chi connectivity index (χ3v) is 5.62. The summed E-state index contributed by atoms with van der Waals surface area (Å²) in [5.41, 5.74) is -1.32. The average Bonchev–Trinajstić information content (AvgIpc) is 3.02. The van der Waals surface area contributed by atoms with Crippen LogP contribution < -0.4 is 0 Å². The fourth-order valence-corrected chi connectivity index (χ4v) is 4.13. The number of carbonyl (C=O) groups is 1. The smallest absolute Gasteiger partial charge is 0.348 e. The molecule has 5 heteroatoms. The Labute approximate surface area is 129 Å². The summed E-state index contributed by atoms with van der Waals surface area (Å²) in [5.74, 6) is -0.159. The van der Waals surface area contributed by atoms with Gasteiger partial charge in [0.2, 0.25) is 5.60 Å². The summed E-state index contributed by atoms with van der Waals surface area (Å²) in [6, 6.07) is 3.56. The first-order valence-corrected chi connectivity index (χ1v) is 8.25. The maximum atomic E-state index is 12.6. The lowest BCUT2D eigenvalue weighted by molar-refractivity contribution is -0.177. The Kier molecular flexibility index (Phi) is 3.90. The van der Waals surface area contributed by atoms with E-state index >= 15 is 0 Å². The van der Waals surface area contributed by atoms with Crippen LogP contribution in [0.15, 0.2) is 29.7 Å². The number of hydrogen-bond donors (Lipinski definition) is 1. The molecule has 114 valence electrons. The highest BCUT2D eigenvalue weighted by Gasteiger charge is 2.45. The van der Waals surface area contributed by atoms with Gasteiger partial charge in [-0.15, -0.1) is 11.3 Å². The number of rotatable bonds is 4. The molecule has 0 aromatic carbocycles. The molecule has 2 atom stereocenters. The molecule has 3 aliphatic rings. The molecule has 2 bridgehead atoms. The molecule has 0 saturated carbocycles. The summed E-state index contributed by atoms with van der Waals surface area (Å²) in [4.78, 5) is 15.5. The highest BCUT2D eigenvalue weighted by Crippen LogP contribution is 2.36. The topological polar surface area (TPSA) is 49.8 Å². The molecule has 0 unspecified atom stereocenters. The number of fused-ring (bicyclic) bond motifs is 3. The zero-order chi connectivity index (χ0) is 15.0. The van der Waals surface area contributed by atoms with Crippen LogP contribution in [0.5, 0.6) is 0 Å². The maximum absolute atomic E-state index is 12.6. The highest BCUT2D eigenvalue weighted by atomic mass is 32.1. The van der Waals surface area contributed by atoms with Crippen molar-refractivity contribution >= 4 is 17.3 Å². The van der Waals surface area contributed by atoms with Gasteiger partial charge in [-0.25, -0.2) is 4.79 Å². The lowest BCUT2D eigenvalue weighted by Crippen LogP contribution is -2.53. The van der Waals surface area contributed by atoms with Gasteiger partial charge in [-0.3, -0.25) is 4.90 Å². The lowest BCUT2D eigenvalue weighted by atomic mass is 9.85. The predicted octanol–water partition coefficient (Wildman–Crippen LogP) is 2.15. The first kappa shape index (κ1) is 14.8. The largest absolute Gasteiger partial charge is 0.458 e. The Hall–Kier alpha value is -1.17. The predicted molar refractivity (Wildman–Crippen MR) is 82.1 cm³/mol. The Morgan fingerprint density at radius 3 is 2.71 bits per heavy atom. The number of ether oxygens (including phenoxy) is 1. The maximum Gasteiger partial charge on any atom is 0.348 e. The lowest BCUT2D eigenvalue weighted by Gasteiger charge is -2.44. The van der Waals surface area contributed by atoms with Crippen molar-refractivity contribution in [2.75, 3.05) is 19.6 Å². The SMILES string of the molecule is C=C(C)[C@](O)(C(=O)O[C@@H]1CN2CCC1CC2)c1cccs1. The van der Waals surface area contributed by atoms with E-state index in [1.807, 2.05) is 11.4 Å². The van der Waals surface area contributed by atoms with E-state index in [-0.39, 0.29) is 6.10 Å². The number of hydrogen-bond acceptors (Lipinski definition) is 5. The van der Waals surface area contributed by atoms with Crippen molar-refractivity contribution in [3.05, 3.63) is 34.5 Å². The second-order valence-corrected chi connectivity index (χ2v) is 7.00. The molecule has 4 rings (SSSR count). The van der Waals surface area contributed by atoms with Crippen LogP contribution in [-0.4, -0.2) is 41.7 Å². The van der Waals surface area contributed by atoms with E-state index in [0.717, 1.165) is 32.5 Å². The second kappa shape index (κ2) is 5.55. The third-order valence-electron chi connectivity index (χ3n) is 4.65. The summed E-state index contributed by atoms with van der Waals surface area (Å²) < 4.78 is 5.69. The Morgan fingerprint density at radius 2 is 2.24 bits per heavy atom. The van der Waals surface area contributed by atoms with Gasteiger partial charge in [-0.2, -0.15) is 0 Å². The minimum absolute atomic E-state index is 0.106. The number of nitrogens with zero attached hydrogens (tertiary/aromatic N) is 1. The molecule has 4 heterocycles. The van der Waals surface area contributed by atoms with Crippen LogP contribution in [0, 0.1) is 5.92 Å². The van der Waals surface area contributed by atoms with Gasteiger partial charge in [0.25, 0.3) is 0 Å². The van der Waals surface area contributed by atoms with Crippen molar-refractivity contribution in [1.82, 2.24) is 4.90 Å². The fourth-order valence-electron chi connectivity index (χ4n) is 3.24. The number of thiophene rings is 1. The third kappa shape index (κ3) is 2.54. The van der Waals surface area contributed by atoms with E-state index < -0.39 is 11.6 Å². The second-order valence-electron chi connectivity index (χ2n) is 6.05. The molecular formula is C16H21NO3S. The van der Waals surface area contributed by atoms with Crippen LogP contribution in [0.4, 0.5) is 0 Å². The summed E-state index contributed by atoms with van der Waals surface area (Å²) in [7, 11) is 0. The van der Waals surface area contributed by atoms with Gasteiger partial charge in [0.05, 0.1) is 4.88 Å². The van der Waals surface area contributed by atoms with E-state index in [1.54, 1.807) is 13.0 Å². The van der Waals surface area contributed by atoms with E-state index in [2.05, 4.69) is 11.5 Å². The van der Waals surface area contributed by atoms with Gasteiger partial charge < -0.3 is 9.84 Å². The van der Waals surface area contributed by atoms with Crippen LogP contribution >= 0.6 is 11.3 Å². The minimum Gasteiger partial charge on any atom is -0.458 e. The van der Waals surface area contributed by atoms with Crippen LogP contribution in [0.2, 0.25) is 0 Å². The number of piperidine rings is 3. The van der Waals surface area contributed by atoms with Crippen molar-refractivity contribution in [2.24, 2.45) is 5.92 Å². The molecule has 0 spiro atoms. The van der Waals surface area contributed by atoms with Gasteiger partial charge in [-0.05, 0) is 55.8 Å². The van der Waals surface area contributed by atoms with Crippen LogP contribution in [0.25, 0.3) is 0 Å². The van der Waals surface area contributed by atoms with E-state index in [9.17, 15) is 9.90 Å². The molecule has 1 aromatic heterocycles. The van der Waals surface area contributed by atoms with Gasteiger partial charge >= 0.3 is 5.97 Å². The average molecular weight is 307 g/mol. The number of carbonyl (C=O) groups excluding carboxylic acids is 1. The molecule has 0 amide bonds. The summed E-state index contributed by atoms with van der Waals surface area (Å²) in [5, 5.41) is 12.7. The van der Waals surface area contributed by atoms with E-state index in [4.69, 9.17) is 4.74 Å². The van der Waals surface area contributed by atoms with Crippen LogP contribution in [-0.2, 0) is 15.1 Å². The molecule has 3 fully saturated rings. The highest BCUT2D eigenvalue weighted by molar-refractivity contribution is 7.10. The first-order chi connectivity index (χ1) is 10.0. The molecule has 3 aliphatic heterocycles. The minimum atomic E-state index is -1.72. The number of esters is 1. The fraction of sp³-hybridized carbons (Fsp3) is 0.562. The normalized spacial score (nSPS) is 30.7. The molecule has 0 radical (unpaired) electrons. The Balaban J connectivity index is 1.78. The Morgan fingerprint density at radius 1 is 1.52 bits per heavy atom. The van der Waals surface area contributed by atoms with Gasteiger partial charge in [0, 0.05) is 6.54 Å². The van der Waals surface area contributed by atoms with Gasteiger partial charge in [0.1, 0.15) is 6.10 Å². The molecular weight excluding hydrogens is 286 g/mol. The zero-order valence-corrected chi connectivity index (χ0v) is 13.1. The van der Waals surface area contributed by atoms with E-state index in [1.165, 1.54) is 11.3 Å². The van der Waals surface area contributed by atoms with Crippen LogP contribution in [0.1, 0.15) is 24.6 Å².